The maximum absolute atomic E-state index is 13.1. The van der Waals surface area contributed by atoms with Gasteiger partial charge in [-0.3, -0.25) is 14.5 Å². The molecular formula is C25H30N4O4S. The molecule has 1 saturated heterocycles. The van der Waals surface area contributed by atoms with Crippen LogP contribution in [-0.4, -0.2) is 65.6 Å². The number of rotatable bonds is 6. The second-order valence-corrected chi connectivity index (χ2v) is 9.85. The topological polar surface area (TPSA) is 87.8 Å². The molecule has 34 heavy (non-hydrogen) atoms. The van der Waals surface area contributed by atoms with Crippen LogP contribution >= 0.6 is 11.3 Å². The fourth-order valence-electron chi connectivity index (χ4n) is 4.86. The van der Waals surface area contributed by atoms with Crippen LogP contribution in [0.3, 0.4) is 0 Å². The van der Waals surface area contributed by atoms with Gasteiger partial charge in [-0.1, -0.05) is 0 Å². The van der Waals surface area contributed by atoms with Crippen molar-refractivity contribution in [3.05, 3.63) is 50.4 Å². The fourth-order valence-corrected chi connectivity index (χ4v) is 6.15. The summed E-state index contributed by atoms with van der Waals surface area (Å²) in [4.78, 5) is 40.0. The van der Waals surface area contributed by atoms with E-state index >= 15 is 0 Å². The van der Waals surface area contributed by atoms with Crippen LogP contribution in [-0.2, 0) is 19.4 Å². The molecule has 0 unspecified atom stereocenters. The molecule has 0 atom stereocenters. The van der Waals surface area contributed by atoms with Crippen LogP contribution < -0.4 is 15.0 Å². The summed E-state index contributed by atoms with van der Waals surface area (Å²) in [6.45, 7) is 5.67. The summed E-state index contributed by atoms with van der Waals surface area (Å²) in [5.74, 6) is 1.89. The molecule has 3 aromatic rings. The summed E-state index contributed by atoms with van der Waals surface area (Å²) < 4.78 is 10.9. The molecule has 8 nitrogen and oxygen atoms in total. The van der Waals surface area contributed by atoms with E-state index < -0.39 is 0 Å². The van der Waals surface area contributed by atoms with Gasteiger partial charge in [0.15, 0.2) is 11.5 Å². The Kier molecular flexibility index (Phi) is 6.56. The van der Waals surface area contributed by atoms with Crippen LogP contribution in [0.2, 0.25) is 0 Å². The van der Waals surface area contributed by atoms with Crippen molar-refractivity contribution in [1.82, 2.24) is 19.8 Å². The second kappa shape index (κ2) is 9.76. The number of aromatic nitrogens is 2. The third-order valence-corrected chi connectivity index (χ3v) is 7.80. The van der Waals surface area contributed by atoms with E-state index in [0.717, 1.165) is 42.6 Å². The molecule has 3 heterocycles. The second-order valence-electron chi connectivity index (χ2n) is 8.77. The van der Waals surface area contributed by atoms with Crippen molar-refractivity contribution in [2.45, 2.75) is 39.2 Å². The van der Waals surface area contributed by atoms with Crippen molar-refractivity contribution in [1.29, 1.82) is 0 Å². The van der Waals surface area contributed by atoms with Gasteiger partial charge in [-0.05, 0) is 56.4 Å². The van der Waals surface area contributed by atoms with Gasteiger partial charge in [0, 0.05) is 36.6 Å². The monoisotopic (exact) mass is 482 g/mol. The Balaban J connectivity index is 1.24. The zero-order chi connectivity index (χ0) is 23.7. The molecule has 1 amide bonds. The minimum absolute atomic E-state index is 0.0135. The molecule has 0 spiro atoms. The molecule has 0 bridgehead atoms. The Hall–Kier alpha value is -2.91. The van der Waals surface area contributed by atoms with Crippen LogP contribution in [0, 0.1) is 0 Å². The molecule has 1 fully saturated rings. The number of carbonyl (C=O) groups excluding carboxylic acids is 1. The highest BCUT2D eigenvalue weighted by atomic mass is 32.1. The lowest BCUT2D eigenvalue weighted by molar-refractivity contribution is 0.0625. The molecule has 5 rings (SSSR count). The summed E-state index contributed by atoms with van der Waals surface area (Å²) in [7, 11) is 1.59. The molecule has 1 aliphatic heterocycles. The summed E-state index contributed by atoms with van der Waals surface area (Å²) in [5, 5.41) is 0.796. The Labute approximate surface area is 202 Å². The Morgan fingerprint density at radius 2 is 1.94 bits per heavy atom. The minimum atomic E-state index is -0.0159. The largest absolute Gasteiger partial charge is 0.493 e. The fraction of sp³-hybridized carbons (Fsp3) is 0.480. The molecule has 1 aromatic carbocycles. The number of H-pyrrole nitrogens is 1. The van der Waals surface area contributed by atoms with E-state index in [1.54, 1.807) is 36.6 Å². The zero-order valence-electron chi connectivity index (χ0n) is 19.7. The molecule has 0 saturated carbocycles. The molecular weight excluding hydrogens is 452 g/mol. The van der Waals surface area contributed by atoms with E-state index in [0.29, 0.717) is 49.1 Å². The lowest BCUT2D eigenvalue weighted by Gasteiger charge is -2.34. The number of ether oxygens (including phenoxy) is 2. The molecule has 0 radical (unpaired) electrons. The number of nitrogens with zero attached hydrogens (tertiary/aromatic N) is 3. The summed E-state index contributed by atoms with van der Waals surface area (Å²) in [5.41, 5.74) is 1.79. The van der Waals surface area contributed by atoms with E-state index in [2.05, 4.69) is 9.88 Å². The lowest BCUT2D eigenvalue weighted by Crippen LogP contribution is -2.48. The van der Waals surface area contributed by atoms with Crippen molar-refractivity contribution in [2.24, 2.45) is 0 Å². The average Bonchev–Trinajstić information content (AvgIpc) is 3.23. The van der Waals surface area contributed by atoms with Crippen molar-refractivity contribution in [3.8, 4) is 11.5 Å². The van der Waals surface area contributed by atoms with E-state index in [-0.39, 0.29) is 11.5 Å². The third kappa shape index (κ3) is 4.42. The average molecular weight is 483 g/mol. The quantitative estimate of drug-likeness (QED) is 0.581. The number of aromatic amines is 1. The number of hydrogen-bond acceptors (Lipinski definition) is 7. The molecule has 2 aromatic heterocycles. The molecule has 1 N–H and O–H groups in total. The van der Waals surface area contributed by atoms with Gasteiger partial charge in [0.2, 0.25) is 0 Å². The first-order chi connectivity index (χ1) is 16.6. The number of aryl methyl sites for hydroxylation is 2. The van der Waals surface area contributed by atoms with Crippen LogP contribution in [0.4, 0.5) is 0 Å². The third-order valence-electron chi connectivity index (χ3n) is 6.62. The van der Waals surface area contributed by atoms with Crippen molar-refractivity contribution in [3.63, 3.8) is 0 Å². The van der Waals surface area contributed by atoms with Crippen molar-refractivity contribution < 1.29 is 14.3 Å². The number of thiophene rings is 1. The first-order valence-electron chi connectivity index (χ1n) is 11.9. The maximum atomic E-state index is 13.1. The zero-order valence-corrected chi connectivity index (χ0v) is 20.5. The van der Waals surface area contributed by atoms with Gasteiger partial charge in [-0.2, -0.15) is 0 Å². The van der Waals surface area contributed by atoms with E-state index in [1.807, 2.05) is 11.8 Å². The Morgan fingerprint density at radius 3 is 2.71 bits per heavy atom. The highest BCUT2D eigenvalue weighted by molar-refractivity contribution is 7.18. The minimum Gasteiger partial charge on any atom is -0.493 e. The SMILES string of the molecule is CCOc1cc(C(=O)N2CCN(Cc3nc4sc5c(c4c(=O)[nH]3)CCCC5)CC2)ccc1OC. The van der Waals surface area contributed by atoms with Gasteiger partial charge in [0.1, 0.15) is 10.7 Å². The highest BCUT2D eigenvalue weighted by Gasteiger charge is 2.25. The van der Waals surface area contributed by atoms with Crippen molar-refractivity contribution in [2.75, 3.05) is 39.9 Å². The molecule has 9 heteroatoms. The lowest BCUT2D eigenvalue weighted by atomic mass is 9.97. The molecule has 1 aliphatic carbocycles. The van der Waals surface area contributed by atoms with Crippen LogP contribution in [0.25, 0.3) is 10.2 Å². The van der Waals surface area contributed by atoms with Gasteiger partial charge < -0.3 is 19.4 Å². The van der Waals surface area contributed by atoms with Gasteiger partial charge in [0.05, 0.1) is 25.6 Å². The first-order valence-corrected chi connectivity index (χ1v) is 12.7. The Bertz CT molecular complexity index is 1260. The van der Waals surface area contributed by atoms with Crippen LogP contribution in [0.5, 0.6) is 11.5 Å². The van der Waals surface area contributed by atoms with E-state index in [4.69, 9.17) is 14.5 Å². The summed E-state index contributed by atoms with van der Waals surface area (Å²) in [6.07, 6.45) is 4.38. The van der Waals surface area contributed by atoms with Gasteiger partial charge in [-0.25, -0.2) is 4.98 Å². The van der Waals surface area contributed by atoms with E-state index in [9.17, 15) is 9.59 Å². The Morgan fingerprint density at radius 1 is 1.15 bits per heavy atom. The number of fused-ring (bicyclic) bond motifs is 3. The van der Waals surface area contributed by atoms with E-state index in [1.165, 1.54) is 16.9 Å². The van der Waals surface area contributed by atoms with Gasteiger partial charge >= 0.3 is 0 Å². The van der Waals surface area contributed by atoms with Gasteiger partial charge in [-0.15, -0.1) is 11.3 Å². The highest BCUT2D eigenvalue weighted by Crippen LogP contribution is 2.33. The normalized spacial score (nSPS) is 16.5. The number of benzene rings is 1. The number of methoxy groups -OCH3 is 1. The van der Waals surface area contributed by atoms with Crippen LogP contribution in [0.15, 0.2) is 23.0 Å². The standard InChI is InChI=1S/C25H30N4O4S/c1-3-33-19-14-16(8-9-18(19)32-2)25(31)29-12-10-28(11-13-29)15-21-26-23(30)22-17-6-4-5-7-20(17)34-24(22)27-21/h8-9,14H,3-7,10-13,15H2,1-2H3,(H,26,27,30). The molecule has 180 valence electrons. The predicted molar refractivity (Wildman–Crippen MR) is 132 cm³/mol. The van der Waals surface area contributed by atoms with Crippen LogP contribution in [0.1, 0.15) is 46.4 Å². The summed E-state index contributed by atoms with van der Waals surface area (Å²) >= 11 is 1.68. The number of amides is 1. The summed E-state index contributed by atoms with van der Waals surface area (Å²) in [6, 6.07) is 5.30. The number of piperazine rings is 1. The predicted octanol–water partition coefficient (Wildman–Crippen LogP) is 3.23. The maximum Gasteiger partial charge on any atom is 0.259 e. The smallest absolute Gasteiger partial charge is 0.259 e. The number of nitrogens with one attached hydrogen (secondary N) is 1. The van der Waals surface area contributed by atoms with Crippen molar-refractivity contribution >= 4 is 27.5 Å². The molecule has 2 aliphatic rings. The first kappa shape index (κ1) is 22.9. The number of carbonyl (C=O) groups is 1. The van der Waals surface area contributed by atoms with Gasteiger partial charge in [0.25, 0.3) is 11.5 Å². The number of hydrogen-bond donors (Lipinski definition) is 1.